The molecule has 0 saturated carbocycles. The van der Waals surface area contributed by atoms with Gasteiger partial charge in [0.15, 0.2) is 0 Å². The lowest BCUT2D eigenvalue weighted by molar-refractivity contribution is -0.129. The lowest BCUT2D eigenvalue weighted by Gasteiger charge is -2.41. The van der Waals surface area contributed by atoms with Crippen molar-refractivity contribution in [3.8, 4) is 0 Å². The van der Waals surface area contributed by atoms with Gasteiger partial charge in [-0.25, -0.2) is 4.79 Å². The first kappa shape index (κ1) is 25.4. The number of carbonyl (C=O) groups excluding carboxylic acids is 3. The number of nitrogens with one attached hydrogen (secondary N) is 1. The maximum atomic E-state index is 14.0. The van der Waals surface area contributed by atoms with E-state index >= 15 is 0 Å². The summed E-state index contributed by atoms with van der Waals surface area (Å²) in [6.45, 7) is 14.2. The van der Waals surface area contributed by atoms with Gasteiger partial charge in [-0.2, -0.15) is 0 Å². The summed E-state index contributed by atoms with van der Waals surface area (Å²) in [7, 11) is 0. The first-order valence-electron chi connectivity index (χ1n) is 11.4. The Morgan fingerprint density at radius 3 is 2.21 bits per heavy atom. The van der Waals surface area contributed by atoms with Gasteiger partial charge in [-0.15, -0.1) is 10.2 Å². The minimum Gasteiger partial charge on any atom is -0.443 e. The molecule has 2 amide bonds. The summed E-state index contributed by atoms with van der Waals surface area (Å²) in [5, 5.41) is 7.92. The van der Waals surface area contributed by atoms with Crippen molar-refractivity contribution in [2.75, 3.05) is 4.90 Å². The minimum atomic E-state index is -1.95. The Labute approximate surface area is 200 Å². The topological polar surface area (TPSA) is 126 Å². The van der Waals surface area contributed by atoms with Crippen LogP contribution in [-0.2, 0) is 21.4 Å². The summed E-state index contributed by atoms with van der Waals surface area (Å²) in [4.78, 5) is 41.8. The molecule has 9 nitrogen and oxygen atoms in total. The Morgan fingerprint density at radius 2 is 1.71 bits per heavy atom. The Morgan fingerprint density at radius 1 is 1.09 bits per heavy atom. The third-order valence-corrected chi connectivity index (χ3v) is 6.01. The van der Waals surface area contributed by atoms with Crippen LogP contribution < -0.4 is 10.6 Å². The summed E-state index contributed by atoms with van der Waals surface area (Å²) < 4.78 is 11.3. The highest BCUT2D eigenvalue weighted by Crippen LogP contribution is 2.46. The number of benzene rings is 1. The highest BCUT2D eigenvalue weighted by atomic mass is 16.6. The van der Waals surface area contributed by atoms with E-state index < -0.39 is 46.2 Å². The molecule has 0 fully saturated rings. The molecule has 3 rings (SSSR count). The molecule has 1 radical (unpaired) electrons. The second-order valence-electron chi connectivity index (χ2n) is 11.0. The molecule has 1 N–H and O–H groups in total. The number of hydrogen-bond acceptors (Lipinski definition) is 7. The number of ether oxygens (including phenoxy) is 1. The maximum Gasteiger partial charge on any atom is 0.415 e. The molecule has 0 unspecified atom stereocenters. The molecule has 0 spiro atoms. The van der Waals surface area contributed by atoms with Crippen molar-refractivity contribution in [1.82, 2.24) is 15.9 Å². The highest BCUT2D eigenvalue weighted by Gasteiger charge is 2.61. The molecule has 1 aromatic heterocycles. The molecule has 34 heavy (non-hydrogen) atoms. The zero-order valence-corrected chi connectivity index (χ0v) is 21.1. The highest BCUT2D eigenvalue weighted by molar-refractivity contribution is 6.14. The van der Waals surface area contributed by atoms with E-state index in [0.29, 0.717) is 5.69 Å². The molecule has 1 aromatic carbocycles. The predicted octanol–water partition coefficient (Wildman–Crippen LogP) is 4.37. The Bertz CT molecular complexity index is 1110. The molecule has 183 valence electrons. The van der Waals surface area contributed by atoms with Gasteiger partial charge >= 0.3 is 6.09 Å². The summed E-state index contributed by atoms with van der Waals surface area (Å²) in [6.07, 6.45) is -0.494. The van der Waals surface area contributed by atoms with Crippen molar-refractivity contribution in [2.45, 2.75) is 78.9 Å². The number of nitrogens with zero attached hydrogens (tertiary/aromatic N) is 3. The van der Waals surface area contributed by atoms with E-state index in [0.717, 1.165) is 5.56 Å². The van der Waals surface area contributed by atoms with E-state index in [-0.39, 0.29) is 18.2 Å². The van der Waals surface area contributed by atoms with Crippen molar-refractivity contribution in [3.05, 3.63) is 41.6 Å². The van der Waals surface area contributed by atoms with Gasteiger partial charge < -0.3 is 9.15 Å². The van der Waals surface area contributed by atoms with E-state index in [4.69, 9.17) is 14.9 Å². The van der Waals surface area contributed by atoms with E-state index in [9.17, 15) is 14.4 Å². The van der Waals surface area contributed by atoms with Crippen molar-refractivity contribution < 1.29 is 23.5 Å². The predicted molar refractivity (Wildman–Crippen MR) is 125 cm³/mol. The zero-order valence-electron chi connectivity index (χ0n) is 21.1. The molecule has 2 heterocycles. The van der Waals surface area contributed by atoms with Crippen LogP contribution in [-0.4, -0.2) is 39.6 Å². The number of para-hydroxylation sites is 1. The smallest absolute Gasteiger partial charge is 0.415 e. The number of Topliss-reactive ketones (excluding diaryl/α,β-unsaturated/α-hetero) is 1. The van der Waals surface area contributed by atoms with Gasteiger partial charge in [-0.05, 0) is 44.7 Å². The van der Waals surface area contributed by atoms with Crippen LogP contribution in [0.1, 0.15) is 77.5 Å². The zero-order chi connectivity index (χ0) is 25.6. The molecule has 9 heteroatoms. The van der Waals surface area contributed by atoms with Crippen LogP contribution in [0.2, 0.25) is 0 Å². The minimum absolute atomic E-state index is 0.199. The molecule has 1 aliphatic rings. The van der Waals surface area contributed by atoms with Crippen LogP contribution in [0.3, 0.4) is 0 Å². The quantitative estimate of drug-likeness (QED) is 0.470. The van der Waals surface area contributed by atoms with Crippen LogP contribution in [0.15, 0.2) is 28.7 Å². The fraction of sp³-hybridized carbons (Fsp3) is 0.560. The average molecular weight is 470 g/mol. The van der Waals surface area contributed by atoms with Gasteiger partial charge in [0, 0.05) is 5.41 Å². The average Bonchev–Trinajstić information content (AvgIpc) is 3.31. The monoisotopic (exact) mass is 469 g/mol. The molecule has 0 aliphatic carbocycles. The molecular formula is C25H33N4O5. The number of aromatic nitrogens is 2. The molecule has 0 saturated heterocycles. The van der Waals surface area contributed by atoms with E-state index in [2.05, 4.69) is 10.2 Å². The molecule has 2 aromatic rings. The summed E-state index contributed by atoms with van der Waals surface area (Å²) in [6, 6.07) is 6.17. The van der Waals surface area contributed by atoms with Gasteiger partial charge in [0.25, 0.3) is 11.8 Å². The Hall–Kier alpha value is -3.23. The Balaban J connectivity index is 2.19. The number of ketones is 1. The van der Waals surface area contributed by atoms with Crippen LogP contribution in [0.5, 0.6) is 0 Å². The standard InChI is InChI=1S/C25H33N4O5/c1-14(2)25(20(26)31,18(30)19-27-28-21(33-19)23(3,4)5)17-13-15-11-9-10-12-16(15)29(17)22(32)34-24(6,7)8/h9-12,14,17,26H,13H2,1-8H3/t17-,25-/m0/s1. The lowest BCUT2D eigenvalue weighted by Crippen LogP contribution is -2.60. The number of carbonyl (C=O) groups is 3. The lowest BCUT2D eigenvalue weighted by atomic mass is 9.66. The van der Waals surface area contributed by atoms with Crippen molar-refractivity contribution in [2.24, 2.45) is 11.3 Å². The Kier molecular flexibility index (Phi) is 6.37. The number of anilines is 1. The normalized spacial score (nSPS) is 17.9. The second-order valence-corrected chi connectivity index (χ2v) is 11.0. The first-order valence-corrected chi connectivity index (χ1v) is 11.4. The summed E-state index contributed by atoms with van der Waals surface area (Å²) >= 11 is 0. The summed E-state index contributed by atoms with van der Waals surface area (Å²) in [5.74, 6) is -2.64. The molecular weight excluding hydrogens is 436 g/mol. The third kappa shape index (κ3) is 4.31. The molecule has 0 bridgehead atoms. The molecule has 2 atom stereocenters. The van der Waals surface area contributed by atoms with Crippen molar-refractivity contribution in [1.29, 1.82) is 0 Å². The number of amides is 2. The van der Waals surface area contributed by atoms with E-state index in [1.54, 1.807) is 46.8 Å². The number of rotatable bonds is 5. The number of hydrogen-bond donors (Lipinski definition) is 0. The van der Waals surface area contributed by atoms with Gasteiger partial charge in [0.2, 0.25) is 11.7 Å². The van der Waals surface area contributed by atoms with Gasteiger partial charge in [0.05, 0.1) is 11.7 Å². The van der Waals surface area contributed by atoms with E-state index in [1.807, 2.05) is 32.9 Å². The SMILES string of the molecule is CC(C)[C@@](C([NH])=O)(C(=O)c1nnc(C(C)(C)C)o1)[C@@H]1Cc2ccccc2N1C(=O)OC(C)(C)C. The molecule has 1 aliphatic heterocycles. The second kappa shape index (κ2) is 8.52. The van der Waals surface area contributed by atoms with E-state index in [1.165, 1.54) is 4.90 Å². The van der Waals surface area contributed by atoms with Gasteiger partial charge in [-0.3, -0.25) is 20.2 Å². The van der Waals surface area contributed by atoms with Crippen molar-refractivity contribution in [3.63, 3.8) is 0 Å². The van der Waals surface area contributed by atoms with Crippen LogP contribution >= 0.6 is 0 Å². The number of fused-ring (bicyclic) bond motifs is 1. The van der Waals surface area contributed by atoms with Crippen LogP contribution in [0, 0.1) is 11.3 Å². The van der Waals surface area contributed by atoms with Crippen LogP contribution in [0.25, 0.3) is 0 Å². The summed E-state index contributed by atoms with van der Waals surface area (Å²) in [5.41, 5.74) is 6.34. The van der Waals surface area contributed by atoms with Gasteiger partial charge in [-0.1, -0.05) is 52.8 Å². The largest absolute Gasteiger partial charge is 0.443 e. The van der Waals surface area contributed by atoms with Crippen LogP contribution in [0.4, 0.5) is 10.5 Å². The first-order chi connectivity index (χ1) is 15.6. The fourth-order valence-corrected chi connectivity index (χ4v) is 4.40. The van der Waals surface area contributed by atoms with Gasteiger partial charge in [0.1, 0.15) is 11.0 Å². The third-order valence-electron chi connectivity index (χ3n) is 6.01. The fourth-order valence-electron chi connectivity index (χ4n) is 4.40. The van der Waals surface area contributed by atoms with Crippen molar-refractivity contribution >= 4 is 23.5 Å². The maximum absolute atomic E-state index is 14.0.